The number of H-pyrrole nitrogens is 1. The van der Waals surface area contributed by atoms with Gasteiger partial charge in [0.25, 0.3) is 5.91 Å². The first kappa shape index (κ1) is 18.6. The molecule has 3 heterocycles. The lowest BCUT2D eigenvalue weighted by molar-refractivity contribution is -0.605. The largest absolute Gasteiger partial charge is 0.619 e. The zero-order chi connectivity index (χ0) is 21.4. The summed E-state index contributed by atoms with van der Waals surface area (Å²) in [6.07, 6.45) is 8.57. The molecule has 0 atom stereocenters. The van der Waals surface area contributed by atoms with Crippen LogP contribution in [-0.4, -0.2) is 23.2 Å². The fourth-order valence-corrected chi connectivity index (χ4v) is 3.59. The maximum absolute atomic E-state index is 12.5. The smallest absolute Gasteiger partial charge is 0.256 e. The first-order valence-electron chi connectivity index (χ1n) is 9.67. The van der Waals surface area contributed by atoms with E-state index in [1.54, 1.807) is 19.2 Å². The highest BCUT2D eigenvalue weighted by atomic mass is 16.5. The fraction of sp³-hybridized carbons (Fsp3) is 0.0417. The lowest BCUT2D eigenvalue weighted by Crippen LogP contribution is -2.23. The van der Waals surface area contributed by atoms with Crippen LogP contribution in [0, 0.1) is 5.21 Å². The summed E-state index contributed by atoms with van der Waals surface area (Å²) in [5, 5.41) is 22.4. The van der Waals surface area contributed by atoms with E-state index in [0.29, 0.717) is 11.3 Å². The van der Waals surface area contributed by atoms with Crippen molar-refractivity contribution in [3.63, 3.8) is 0 Å². The number of aromatic nitrogens is 3. The van der Waals surface area contributed by atoms with Crippen LogP contribution in [0.4, 0.5) is 5.69 Å². The van der Waals surface area contributed by atoms with Crippen LogP contribution >= 0.6 is 0 Å². The third kappa shape index (κ3) is 3.53. The summed E-state index contributed by atoms with van der Waals surface area (Å²) >= 11 is 0. The standard InChI is InChI=1S/C24H18N4O3/c1-31-17-4-7-21-19(14-17)20(24(29)25-21)12-16-2-5-18-22(26-27-23(18)13-16)6-3-15-8-10-28(30)11-9-15/h2-14H,1H3,(H,25,29)(H,26,27)/b6-3?,20-12+. The van der Waals surface area contributed by atoms with Crippen LogP contribution in [0.1, 0.15) is 22.4 Å². The van der Waals surface area contributed by atoms with Gasteiger partial charge < -0.3 is 15.3 Å². The molecule has 0 radical (unpaired) electrons. The predicted octanol–water partition coefficient (Wildman–Crippen LogP) is 3.87. The van der Waals surface area contributed by atoms with Crippen molar-refractivity contribution in [2.75, 3.05) is 12.4 Å². The highest BCUT2D eigenvalue weighted by molar-refractivity contribution is 6.35. The molecule has 5 rings (SSSR count). The van der Waals surface area contributed by atoms with Crippen molar-refractivity contribution in [2.24, 2.45) is 0 Å². The third-order valence-corrected chi connectivity index (χ3v) is 5.20. The Morgan fingerprint density at radius 3 is 2.68 bits per heavy atom. The topological polar surface area (TPSA) is 93.9 Å². The average molecular weight is 410 g/mol. The number of hydrogen-bond donors (Lipinski definition) is 2. The summed E-state index contributed by atoms with van der Waals surface area (Å²) in [6.45, 7) is 0. The predicted molar refractivity (Wildman–Crippen MR) is 120 cm³/mol. The van der Waals surface area contributed by atoms with E-state index >= 15 is 0 Å². The summed E-state index contributed by atoms with van der Waals surface area (Å²) in [7, 11) is 1.60. The number of nitrogens with zero attached hydrogens (tertiary/aromatic N) is 2. The Balaban J connectivity index is 1.47. The Morgan fingerprint density at radius 1 is 1.03 bits per heavy atom. The van der Waals surface area contributed by atoms with Crippen LogP contribution < -0.4 is 14.8 Å². The number of carbonyl (C=O) groups excluding carboxylic acids is 1. The van der Waals surface area contributed by atoms with Crippen molar-refractivity contribution >= 4 is 46.3 Å². The molecule has 0 aliphatic carbocycles. The molecular weight excluding hydrogens is 392 g/mol. The molecule has 0 saturated heterocycles. The zero-order valence-electron chi connectivity index (χ0n) is 16.6. The van der Waals surface area contributed by atoms with Crippen molar-refractivity contribution < 1.29 is 14.3 Å². The summed E-state index contributed by atoms with van der Waals surface area (Å²) in [6, 6.07) is 14.9. The number of methoxy groups -OCH3 is 1. The Kier molecular flexibility index (Phi) is 4.48. The molecule has 0 bridgehead atoms. The SMILES string of the molecule is COc1ccc2c(c1)/C(=C\c1ccc3c(C=Cc4cc[n+]([O-])cc4)n[nH]c3c1)C(=O)N2. The summed E-state index contributed by atoms with van der Waals surface area (Å²) in [4.78, 5) is 12.5. The molecule has 0 saturated carbocycles. The highest BCUT2D eigenvalue weighted by Gasteiger charge is 2.24. The molecule has 0 spiro atoms. The molecule has 7 heteroatoms. The van der Waals surface area contributed by atoms with E-state index in [4.69, 9.17) is 4.74 Å². The molecule has 1 aliphatic heterocycles. The van der Waals surface area contributed by atoms with E-state index in [9.17, 15) is 10.0 Å². The zero-order valence-corrected chi connectivity index (χ0v) is 16.6. The van der Waals surface area contributed by atoms with Gasteiger partial charge in [-0.05, 0) is 53.6 Å². The van der Waals surface area contributed by atoms with Gasteiger partial charge >= 0.3 is 0 Å². The third-order valence-electron chi connectivity index (χ3n) is 5.20. The van der Waals surface area contributed by atoms with Gasteiger partial charge in [-0.3, -0.25) is 9.89 Å². The van der Waals surface area contributed by atoms with E-state index in [1.165, 1.54) is 12.4 Å². The number of fused-ring (bicyclic) bond motifs is 2. The van der Waals surface area contributed by atoms with Crippen molar-refractivity contribution in [1.82, 2.24) is 10.2 Å². The van der Waals surface area contributed by atoms with Gasteiger partial charge in [0.2, 0.25) is 0 Å². The van der Waals surface area contributed by atoms with Gasteiger partial charge in [-0.25, -0.2) is 0 Å². The van der Waals surface area contributed by atoms with Crippen LogP contribution in [0.5, 0.6) is 5.75 Å². The van der Waals surface area contributed by atoms with Crippen LogP contribution in [-0.2, 0) is 4.79 Å². The summed E-state index contributed by atoms with van der Waals surface area (Å²) < 4.78 is 6.04. The number of carbonyl (C=O) groups is 1. The molecule has 2 aromatic heterocycles. The van der Waals surface area contributed by atoms with Crippen LogP contribution in [0.3, 0.4) is 0 Å². The molecule has 1 aliphatic rings. The molecule has 2 aromatic carbocycles. The minimum absolute atomic E-state index is 0.140. The lowest BCUT2D eigenvalue weighted by atomic mass is 10.0. The molecule has 0 fully saturated rings. The van der Waals surface area contributed by atoms with Gasteiger partial charge in [-0.15, -0.1) is 0 Å². The molecule has 0 unspecified atom stereocenters. The quantitative estimate of drug-likeness (QED) is 0.303. The van der Waals surface area contributed by atoms with Crippen LogP contribution in [0.2, 0.25) is 0 Å². The Hall–Kier alpha value is -4.39. The summed E-state index contributed by atoms with van der Waals surface area (Å²) in [5.41, 5.74) is 5.63. The van der Waals surface area contributed by atoms with Crippen LogP contribution in [0.15, 0.2) is 60.9 Å². The van der Waals surface area contributed by atoms with Crippen molar-refractivity contribution in [3.8, 4) is 5.75 Å². The minimum atomic E-state index is -0.140. The molecular formula is C24H18N4O3. The van der Waals surface area contributed by atoms with Gasteiger partial charge in [0.15, 0.2) is 12.4 Å². The second-order valence-corrected chi connectivity index (χ2v) is 7.16. The number of hydrogen-bond acceptors (Lipinski definition) is 4. The van der Waals surface area contributed by atoms with E-state index in [0.717, 1.165) is 43.7 Å². The van der Waals surface area contributed by atoms with E-state index in [-0.39, 0.29) is 5.91 Å². The number of anilines is 1. The normalized spacial score (nSPS) is 14.4. The molecule has 1 amide bonds. The van der Waals surface area contributed by atoms with Gasteiger partial charge in [0, 0.05) is 34.3 Å². The van der Waals surface area contributed by atoms with Gasteiger partial charge in [0.1, 0.15) is 5.75 Å². The lowest BCUT2D eigenvalue weighted by Gasteiger charge is -2.03. The molecule has 4 aromatic rings. The molecule has 31 heavy (non-hydrogen) atoms. The maximum Gasteiger partial charge on any atom is 0.256 e. The second-order valence-electron chi connectivity index (χ2n) is 7.16. The Bertz CT molecular complexity index is 1370. The van der Waals surface area contributed by atoms with E-state index in [1.807, 2.05) is 54.6 Å². The maximum atomic E-state index is 12.5. The fourth-order valence-electron chi connectivity index (χ4n) is 3.59. The first-order chi connectivity index (χ1) is 15.1. The van der Waals surface area contributed by atoms with E-state index in [2.05, 4.69) is 15.5 Å². The molecule has 7 nitrogen and oxygen atoms in total. The van der Waals surface area contributed by atoms with Crippen molar-refractivity contribution in [2.45, 2.75) is 0 Å². The van der Waals surface area contributed by atoms with Crippen molar-refractivity contribution in [1.29, 1.82) is 0 Å². The van der Waals surface area contributed by atoms with Gasteiger partial charge in [-0.1, -0.05) is 12.1 Å². The number of pyridine rings is 1. The van der Waals surface area contributed by atoms with Crippen molar-refractivity contribution in [3.05, 3.63) is 88.5 Å². The number of ether oxygens (including phenoxy) is 1. The van der Waals surface area contributed by atoms with Gasteiger partial charge in [0.05, 0.1) is 18.3 Å². The number of rotatable bonds is 4. The molecule has 2 N–H and O–H groups in total. The molecule has 152 valence electrons. The number of benzene rings is 2. The average Bonchev–Trinajstić information content (AvgIpc) is 3.33. The minimum Gasteiger partial charge on any atom is -0.619 e. The van der Waals surface area contributed by atoms with E-state index < -0.39 is 0 Å². The first-order valence-corrected chi connectivity index (χ1v) is 9.67. The van der Waals surface area contributed by atoms with Crippen LogP contribution in [0.25, 0.3) is 34.7 Å². The number of amides is 1. The number of aromatic amines is 1. The number of nitrogens with one attached hydrogen (secondary N) is 2. The highest BCUT2D eigenvalue weighted by Crippen LogP contribution is 2.36. The second kappa shape index (κ2) is 7.46. The summed E-state index contributed by atoms with van der Waals surface area (Å²) in [5.74, 6) is 0.559. The monoisotopic (exact) mass is 410 g/mol. The van der Waals surface area contributed by atoms with Gasteiger partial charge in [-0.2, -0.15) is 9.83 Å². The Labute approximate surface area is 177 Å². The Morgan fingerprint density at radius 2 is 1.87 bits per heavy atom.